The van der Waals surface area contributed by atoms with Crippen LogP contribution in [0.15, 0.2) is 22.7 Å². The standard InChI is InChI=1S/C13H17N5O2/c1-4-18(5-2)12-7-6-10(15-16-12)13(19)14-11-8-9(3)20-17-11/h6-8H,4-5H2,1-3H3,(H,14,17,19). The van der Waals surface area contributed by atoms with Gasteiger partial charge in [-0.25, -0.2) is 0 Å². The van der Waals surface area contributed by atoms with Crippen molar-refractivity contribution in [2.45, 2.75) is 20.8 Å². The predicted molar refractivity (Wildman–Crippen MR) is 74.8 cm³/mol. The Bertz CT molecular complexity index is 575. The molecule has 7 nitrogen and oxygen atoms in total. The van der Waals surface area contributed by atoms with Gasteiger partial charge in [0.1, 0.15) is 5.76 Å². The van der Waals surface area contributed by atoms with Crippen LogP contribution in [0, 0.1) is 6.92 Å². The lowest BCUT2D eigenvalue weighted by Gasteiger charge is -2.18. The van der Waals surface area contributed by atoms with Crippen molar-refractivity contribution in [1.82, 2.24) is 15.4 Å². The van der Waals surface area contributed by atoms with E-state index in [1.54, 1.807) is 25.1 Å². The molecule has 0 aromatic carbocycles. The Balaban J connectivity index is 2.07. The smallest absolute Gasteiger partial charge is 0.277 e. The minimum atomic E-state index is -0.364. The van der Waals surface area contributed by atoms with Gasteiger partial charge < -0.3 is 14.7 Å². The van der Waals surface area contributed by atoms with Crippen molar-refractivity contribution >= 4 is 17.5 Å². The van der Waals surface area contributed by atoms with Crippen LogP contribution in [0.2, 0.25) is 0 Å². The van der Waals surface area contributed by atoms with E-state index in [4.69, 9.17) is 4.52 Å². The quantitative estimate of drug-likeness (QED) is 0.896. The lowest BCUT2D eigenvalue weighted by Crippen LogP contribution is -2.24. The van der Waals surface area contributed by atoms with Crippen LogP contribution in [-0.4, -0.2) is 34.4 Å². The largest absolute Gasteiger partial charge is 0.360 e. The van der Waals surface area contributed by atoms with Crippen LogP contribution in [0.5, 0.6) is 0 Å². The number of hydrogen-bond donors (Lipinski definition) is 1. The van der Waals surface area contributed by atoms with Crippen LogP contribution >= 0.6 is 0 Å². The van der Waals surface area contributed by atoms with Crippen molar-refractivity contribution in [1.29, 1.82) is 0 Å². The molecule has 0 unspecified atom stereocenters. The SMILES string of the molecule is CCN(CC)c1ccc(C(=O)Nc2cc(C)on2)nn1. The molecule has 0 fully saturated rings. The maximum absolute atomic E-state index is 11.9. The van der Waals surface area contributed by atoms with Gasteiger partial charge in [-0.3, -0.25) is 4.79 Å². The average molecular weight is 275 g/mol. The zero-order valence-corrected chi connectivity index (χ0v) is 11.8. The van der Waals surface area contributed by atoms with E-state index in [0.717, 1.165) is 18.9 Å². The molecule has 20 heavy (non-hydrogen) atoms. The van der Waals surface area contributed by atoms with Crippen LogP contribution in [-0.2, 0) is 0 Å². The summed E-state index contributed by atoms with van der Waals surface area (Å²) in [6.45, 7) is 7.52. The van der Waals surface area contributed by atoms with Crippen LogP contribution in [0.25, 0.3) is 0 Å². The van der Waals surface area contributed by atoms with Crippen molar-refractivity contribution in [2.24, 2.45) is 0 Å². The highest BCUT2D eigenvalue weighted by atomic mass is 16.5. The van der Waals surface area contributed by atoms with Crippen molar-refractivity contribution in [2.75, 3.05) is 23.3 Å². The van der Waals surface area contributed by atoms with Gasteiger partial charge in [-0.05, 0) is 32.9 Å². The van der Waals surface area contributed by atoms with Gasteiger partial charge in [0.15, 0.2) is 17.3 Å². The van der Waals surface area contributed by atoms with E-state index in [9.17, 15) is 4.79 Å². The number of nitrogens with zero attached hydrogens (tertiary/aromatic N) is 4. The third-order valence-electron chi connectivity index (χ3n) is 2.84. The van der Waals surface area contributed by atoms with E-state index in [2.05, 4.69) is 25.6 Å². The summed E-state index contributed by atoms with van der Waals surface area (Å²) >= 11 is 0. The Hall–Kier alpha value is -2.44. The number of aryl methyl sites for hydroxylation is 1. The Morgan fingerprint density at radius 3 is 2.55 bits per heavy atom. The number of carbonyl (C=O) groups excluding carboxylic acids is 1. The molecule has 2 rings (SSSR count). The fraction of sp³-hybridized carbons (Fsp3) is 0.385. The van der Waals surface area contributed by atoms with Gasteiger partial charge in [-0.15, -0.1) is 10.2 Å². The molecule has 7 heteroatoms. The van der Waals surface area contributed by atoms with E-state index in [-0.39, 0.29) is 11.6 Å². The normalized spacial score (nSPS) is 10.3. The van der Waals surface area contributed by atoms with Crippen molar-refractivity contribution in [3.63, 3.8) is 0 Å². The molecule has 2 aromatic rings. The molecule has 0 saturated carbocycles. The van der Waals surface area contributed by atoms with Gasteiger partial charge in [0.2, 0.25) is 0 Å². The van der Waals surface area contributed by atoms with E-state index < -0.39 is 0 Å². The highest BCUT2D eigenvalue weighted by Gasteiger charge is 2.12. The van der Waals surface area contributed by atoms with Crippen LogP contribution in [0.1, 0.15) is 30.1 Å². The van der Waals surface area contributed by atoms with Gasteiger partial charge in [0, 0.05) is 19.2 Å². The summed E-state index contributed by atoms with van der Waals surface area (Å²) in [6, 6.07) is 5.06. The monoisotopic (exact) mass is 275 g/mol. The number of amides is 1. The highest BCUT2D eigenvalue weighted by Crippen LogP contribution is 2.11. The van der Waals surface area contributed by atoms with Crippen LogP contribution in [0.4, 0.5) is 11.6 Å². The van der Waals surface area contributed by atoms with Gasteiger partial charge in [0.05, 0.1) is 0 Å². The van der Waals surface area contributed by atoms with Gasteiger partial charge in [-0.2, -0.15) is 0 Å². The van der Waals surface area contributed by atoms with E-state index in [1.807, 2.05) is 13.8 Å². The Morgan fingerprint density at radius 2 is 2.05 bits per heavy atom. The summed E-state index contributed by atoms with van der Waals surface area (Å²) in [6.07, 6.45) is 0. The van der Waals surface area contributed by atoms with Gasteiger partial charge in [0.25, 0.3) is 5.91 Å². The summed E-state index contributed by atoms with van der Waals surface area (Å²) in [5.41, 5.74) is 0.238. The summed E-state index contributed by atoms with van der Waals surface area (Å²) in [5, 5.41) is 14.3. The maximum atomic E-state index is 11.9. The molecule has 0 bridgehead atoms. The van der Waals surface area contributed by atoms with E-state index in [1.165, 1.54) is 0 Å². The lowest BCUT2D eigenvalue weighted by molar-refractivity contribution is 0.102. The fourth-order valence-electron chi connectivity index (χ4n) is 1.77. The van der Waals surface area contributed by atoms with Crippen LogP contribution < -0.4 is 10.2 Å². The number of hydrogen-bond acceptors (Lipinski definition) is 6. The van der Waals surface area contributed by atoms with Gasteiger partial charge >= 0.3 is 0 Å². The second-order valence-corrected chi connectivity index (χ2v) is 4.23. The Morgan fingerprint density at radius 1 is 1.30 bits per heavy atom. The molecule has 1 N–H and O–H groups in total. The fourth-order valence-corrected chi connectivity index (χ4v) is 1.77. The molecule has 0 atom stereocenters. The first-order chi connectivity index (χ1) is 9.63. The lowest BCUT2D eigenvalue weighted by atomic mass is 10.3. The molecular weight excluding hydrogens is 258 g/mol. The number of anilines is 2. The zero-order chi connectivity index (χ0) is 14.5. The zero-order valence-electron chi connectivity index (χ0n) is 11.8. The molecular formula is C13H17N5O2. The number of nitrogens with one attached hydrogen (secondary N) is 1. The van der Waals surface area contributed by atoms with E-state index >= 15 is 0 Å². The average Bonchev–Trinajstić information content (AvgIpc) is 2.86. The number of aromatic nitrogens is 3. The minimum Gasteiger partial charge on any atom is -0.360 e. The molecule has 0 aliphatic rings. The first kappa shape index (κ1) is 14.0. The van der Waals surface area contributed by atoms with E-state index in [0.29, 0.717) is 11.6 Å². The molecule has 0 aliphatic carbocycles. The first-order valence-corrected chi connectivity index (χ1v) is 6.47. The second kappa shape index (κ2) is 6.14. The molecule has 0 saturated heterocycles. The number of rotatable bonds is 5. The first-order valence-electron chi connectivity index (χ1n) is 6.47. The Labute approximate surface area is 117 Å². The molecule has 0 radical (unpaired) electrons. The minimum absolute atomic E-state index is 0.238. The molecule has 106 valence electrons. The predicted octanol–water partition coefficient (Wildman–Crippen LogP) is 1.87. The summed E-state index contributed by atoms with van der Waals surface area (Å²) in [5.74, 6) is 1.38. The maximum Gasteiger partial charge on any atom is 0.277 e. The van der Waals surface area contributed by atoms with Gasteiger partial charge in [-0.1, -0.05) is 5.16 Å². The third kappa shape index (κ3) is 3.11. The number of carbonyl (C=O) groups is 1. The summed E-state index contributed by atoms with van der Waals surface area (Å²) < 4.78 is 4.87. The van der Waals surface area contributed by atoms with Crippen LogP contribution in [0.3, 0.4) is 0 Å². The third-order valence-corrected chi connectivity index (χ3v) is 2.84. The van der Waals surface area contributed by atoms with Crippen molar-refractivity contribution < 1.29 is 9.32 Å². The molecule has 2 heterocycles. The topological polar surface area (TPSA) is 84.2 Å². The summed E-state index contributed by atoms with van der Waals surface area (Å²) in [7, 11) is 0. The highest BCUT2D eigenvalue weighted by molar-refractivity contribution is 6.02. The summed E-state index contributed by atoms with van der Waals surface area (Å²) in [4.78, 5) is 14.0. The molecule has 1 amide bonds. The van der Waals surface area contributed by atoms with Crippen molar-refractivity contribution in [3.05, 3.63) is 29.7 Å². The second-order valence-electron chi connectivity index (χ2n) is 4.23. The molecule has 2 aromatic heterocycles. The molecule has 0 aliphatic heterocycles. The Kier molecular flexibility index (Phi) is 4.29. The molecule has 0 spiro atoms. The van der Waals surface area contributed by atoms with Crippen molar-refractivity contribution in [3.8, 4) is 0 Å².